The van der Waals surface area contributed by atoms with E-state index in [1.54, 1.807) is 38.4 Å². The summed E-state index contributed by atoms with van der Waals surface area (Å²) in [5.74, 6) is 1.51. The zero-order chi connectivity index (χ0) is 20.4. The van der Waals surface area contributed by atoms with Crippen LogP contribution in [-0.4, -0.2) is 56.7 Å². The smallest absolute Gasteiger partial charge is 0.257 e. The van der Waals surface area contributed by atoms with Gasteiger partial charge in [0.2, 0.25) is 0 Å². The second kappa shape index (κ2) is 8.09. The van der Waals surface area contributed by atoms with Crippen molar-refractivity contribution in [1.29, 1.82) is 0 Å². The number of nitrogens with zero attached hydrogens (tertiary/aromatic N) is 3. The first-order valence-corrected chi connectivity index (χ1v) is 9.68. The molecule has 4 rings (SSSR count). The Morgan fingerprint density at radius 1 is 1.17 bits per heavy atom. The molecule has 0 saturated carbocycles. The van der Waals surface area contributed by atoms with Crippen molar-refractivity contribution in [3.05, 3.63) is 65.9 Å². The monoisotopic (exact) mass is 391 g/mol. The largest absolute Gasteiger partial charge is 0.497 e. The second-order valence-electron chi connectivity index (χ2n) is 7.35. The van der Waals surface area contributed by atoms with Crippen molar-refractivity contribution < 1.29 is 14.3 Å². The number of anilines is 1. The maximum absolute atomic E-state index is 12.6. The minimum atomic E-state index is -0.0837. The van der Waals surface area contributed by atoms with Crippen LogP contribution in [-0.2, 0) is 4.74 Å². The first-order valence-electron chi connectivity index (χ1n) is 9.68. The molecule has 0 spiro atoms. The van der Waals surface area contributed by atoms with Gasteiger partial charge in [-0.05, 0) is 46.7 Å². The van der Waals surface area contributed by atoms with Crippen LogP contribution in [0.1, 0.15) is 22.0 Å². The van der Waals surface area contributed by atoms with Crippen molar-refractivity contribution in [2.45, 2.75) is 6.10 Å². The van der Waals surface area contributed by atoms with Crippen LogP contribution in [0.2, 0.25) is 0 Å². The van der Waals surface area contributed by atoms with Crippen molar-refractivity contribution >= 4 is 22.5 Å². The second-order valence-corrected chi connectivity index (χ2v) is 7.35. The Labute approximate surface area is 170 Å². The Morgan fingerprint density at radius 3 is 2.76 bits per heavy atom. The molecule has 0 radical (unpaired) electrons. The van der Waals surface area contributed by atoms with Crippen LogP contribution in [0.15, 0.2) is 54.7 Å². The van der Waals surface area contributed by atoms with Crippen LogP contribution in [0.4, 0.5) is 5.82 Å². The number of amides is 1. The zero-order valence-corrected chi connectivity index (χ0v) is 17.0. The summed E-state index contributed by atoms with van der Waals surface area (Å²) < 4.78 is 11.4. The summed E-state index contributed by atoms with van der Waals surface area (Å²) in [6.07, 6.45) is 1.65. The van der Waals surface area contributed by atoms with Gasteiger partial charge in [0.15, 0.2) is 0 Å². The Morgan fingerprint density at radius 2 is 1.97 bits per heavy atom. The number of pyridine rings is 1. The van der Waals surface area contributed by atoms with Gasteiger partial charge in [0.05, 0.1) is 19.3 Å². The van der Waals surface area contributed by atoms with Crippen molar-refractivity contribution in [1.82, 2.24) is 9.88 Å². The van der Waals surface area contributed by atoms with E-state index in [2.05, 4.69) is 34.1 Å². The van der Waals surface area contributed by atoms with Crippen LogP contribution >= 0.6 is 0 Å². The molecule has 0 N–H and O–H groups in total. The summed E-state index contributed by atoms with van der Waals surface area (Å²) in [4.78, 5) is 20.8. The first-order chi connectivity index (χ1) is 14.1. The number of rotatable bonds is 4. The highest BCUT2D eigenvalue weighted by molar-refractivity contribution is 5.98. The van der Waals surface area contributed by atoms with Crippen molar-refractivity contribution in [3.63, 3.8) is 0 Å². The quantitative estimate of drug-likeness (QED) is 0.681. The number of fused-ring (bicyclic) bond motifs is 1. The van der Waals surface area contributed by atoms with Crippen molar-refractivity contribution in [2.75, 3.05) is 45.8 Å². The number of methoxy groups -OCH3 is 1. The topological polar surface area (TPSA) is 54.9 Å². The molecule has 1 saturated heterocycles. The van der Waals surface area contributed by atoms with Crippen LogP contribution in [0, 0.1) is 0 Å². The third kappa shape index (κ3) is 3.89. The molecule has 0 unspecified atom stereocenters. The number of carbonyl (C=O) groups is 1. The molecule has 0 aliphatic carbocycles. The molecule has 1 atom stereocenters. The molecule has 1 amide bonds. The summed E-state index contributed by atoms with van der Waals surface area (Å²) in [5.41, 5.74) is 1.73. The molecule has 6 nitrogen and oxygen atoms in total. The van der Waals surface area contributed by atoms with Crippen LogP contribution in [0.25, 0.3) is 10.8 Å². The molecular formula is C23H25N3O3. The fourth-order valence-corrected chi connectivity index (χ4v) is 3.67. The molecule has 3 aromatic rings. The Kier molecular flexibility index (Phi) is 5.36. The average Bonchev–Trinajstić information content (AvgIpc) is 2.77. The maximum Gasteiger partial charge on any atom is 0.257 e. The van der Waals surface area contributed by atoms with E-state index in [1.807, 2.05) is 18.2 Å². The lowest BCUT2D eigenvalue weighted by Crippen LogP contribution is -2.40. The van der Waals surface area contributed by atoms with E-state index in [4.69, 9.17) is 9.47 Å². The molecule has 2 aromatic carbocycles. The molecule has 6 heteroatoms. The van der Waals surface area contributed by atoms with Crippen molar-refractivity contribution in [3.8, 4) is 5.75 Å². The molecule has 1 aliphatic rings. The molecule has 2 heterocycles. The average molecular weight is 391 g/mol. The molecule has 0 bridgehead atoms. The van der Waals surface area contributed by atoms with E-state index in [1.165, 1.54) is 0 Å². The zero-order valence-electron chi connectivity index (χ0n) is 17.0. The van der Waals surface area contributed by atoms with Crippen LogP contribution < -0.4 is 9.64 Å². The number of morpholine rings is 1. The van der Waals surface area contributed by atoms with Crippen LogP contribution in [0.5, 0.6) is 5.75 Å². The van der Waals surface area contributed by atoms with Crippen molar-refractivity contribution in [2.24, 2.45) is 0 Å². The highest BCUT2D eigenvalue weighted by Crippen LogP contribution is 2.30. The number of carbonyl (C=O) groups excluding carboxylic acids is 1. The SMILES string of the molecule is COc1ccc2cc([C@H]3CN(c4ncccc4C(=O)N(C)C)CCO3)ccc2c1. The maximum atomic E-state index is 12.6. The summed E-state index contributed by atoms with van der Waals surface area (Å²) in [5, 5.41) is 2.27. The summed E-state index contributed by atoms with van der Waals surface area (Å²) in [6, 6.07) is 16.0. The lowest BCUT2D eigenvalue weighted by Gasteiger charge is -2.35. The minimum Gasteiger partial charge on any atom is -0.497 e. The van der Waals surface area contributed by atoms with Gasteiger partial charge in [0, 0.05) is 33.4 Å². The molecule has 150 valence electrons. The third-order valence-corrected chi connectivity index (χ3v) is 5.23. The molecule has 29 heavy (non-hydrogen) atoms. The predicted octanol–water partition coefficient (Wildman–Crippen LogP) is 3.52. The summed E-state index contributed by atoms with van der Waals surface area (Å²) >= 11 is 0. The van der Waals surface area contributed by atoms with Gasteiger partial charge < -0.3 is 19.3 Å². The number of hydrogen-bond donors (Lipinski definition) is 0. The van der Waals surface area contributed by atoms with Gasteiger partial charge in [-0.15, -0.1) is 0 Å². The molecule has 1 aromatic heterocycles. The van der Waals surface area contributed by atoms with E-state index >= 15 is 0 Å². The van der Waals surface area contributed by atoms with Gasteiger partial charge >= 0.3 is 0 Å². The van der Waals surface area contributed by atoms with Gasteiger partial charge in [0.25, 0.3) is 5.91 Å². The normalized spacial score (nSPS) is 16.7. The fraction of sp³-hybridized carbons (Fsp3) is 0.304. The standard InChI is InChI=1S/C23H25N3O3/c1-25(2)23(27)20-5-4-10-24-22(20)26-11-12-29-21(15-26)18-7-6-17-14-19(28-3)9-8-16(17)13-18/h4-10,13-14,21H,11-12,15H2,1-3H3/t21-/m1/s1. The van der Waals surface area contributed by atoms with E-state index in [0.717, 1.165) is 22.1 Å². The van der Waals surface area contributed by atoms with Crippen LogP contribution in [0.3, 0.4) is 0 Å². The Balaban J connectivity index is 1.61. The minimum absolute atomic E-state index is 0.0456. The van der Waals surface area contributed by atoms with Gasteiger partial charge in [-0.3, -0.25) is 4.79 Å². The lowest BCUT2D eigenvalue weighted by atomic mass is 10.0. The summed E-state index contributed by atoms with van der Waals surface area (Å²) in [6.45, 7) is 1.93. The number of benzene rings is 2. The van der Waals surface area contributed by atoms with Gasteiger partial charge in [-0.1, -0.05) is 18.2 Å². The highest BCUT2D eigenvalue weighted by atomic mass is 16.5. The highest BCUT2D eigenvalue weighted by Gasteiger charge is 2.26. The van der Waals surface area contributed by atoms with Gasteiger partial charge in [-0.2, -0.15) is 0 Å². The van der Waals surface area contributed by atoms with Gasteiger partial charge in [-0.25, -0.2) is 4.98 Å². The molecule has 1 aliphatic heterocycles. The summed E-state index contributed by atoms with van der Waals surface area (Å²) in [7, 11) is 5.18. The predicted molar refractivity (Wildman–Crippen MR) is 114 cm³/mol. The first kappa shape index (κ1) is 19.2. The van der Waals surface area contributed by atoms with E-state index < -0.39 is 0 Å². The molecular weight excluding hydrogens is 366 g/mol. The number of hydrogen-bond acceptors (Lipinski definition) is 5. The lowest BCUT2D eigenvalue weighted by molar-refractivity contribution is 0.0394. The van der Waals surface area contributed by atoms with E-state index in [9.17, 15) is 4.79 Å². The fourth-order valence-electron chi connectivity index (χ4n) is 3.67. The Bertz CT molecular complexity index is 1030. The van der Waals surface area contributed by atoms with E-state index in [-0.39, 0.29) is 12.0 Å². The van der Waals surface area contributed by atoms with E-state index in [0.29, 0.717) is 31.1 Å². The molecule has 1 fully saturated rings. The number of ether oxygens (including phenoxy) is 2. The Hall–Kier alpha value is -3.12. The third-order valence-electron chi connectivity index (χ3n) is 5.23. The number of aromatic nitrogens is 1. The van der Waals surface area contributed by atoms with Gasteiger partial charge in [0.1, 0.15) is 17.7 Å².